The van der Waals surface area contributed by atoms with Gasteiger partial charge in [-0.05, 0) is 102 Å². The monoisotopic (exact) mass is 619 g/mol. The summed E-state index contributed by atoms with van der Waals surface area (Å²) < 4.78 is 0. The van der Waals surface area contributed by atoms with E-state index in [-0.39, 0.29) is 0 Å². The molecule has 3 nitrogen and oxygen atoms in total. The van der Waals surface area contributed by atoms with Crippen molar-refractivity contribution >= 4 is 5.57 Å². The van der Waals surface area contributed by atoms with Crippen molar-refractivity contribution in [2.24, 2.45) is 0 Å². The van der Waals surface area contributed by atoms with Crippen LogP contribution in [0.4, 0.5) is 0 Å². The molecule has 0 fully saturated rings. The molecular formula is C45H37N3. The highest BCUT2D eigenvalue weighted by Crippen LogP contribution is 2.38. The summed E-state index contributed by atoms with van der Waals surface area (Å²) in [5.41, 5.74) is 14.9. The number of benzene rings is 6. The molecule has 0 aliphatic heterocycles. The number of nitrogens with zero attached hydrogens (tertiary/aromatic N) is 3. The summed E-state index contributed by atoms with van der Waals surface area (Å²) in [7, 11) is 0. The fourth-order valence-corrected chi connectivity index (χ4v) is 6.27. The van der Waals surface area contributed by atoms with Crippen LogP contribution in [-0.4, -0.2) is 15.0 Å². The van der Waals surface area contributed by atoms with E-state index in [1.54, 1.807) is 0 Å². The normalized spacial score (nSPS) is 11.5. The van der Waals surface area contributed by atoms with Gasteiger partial charge in [-0.1, -0.05) is 139 Å². The topological polar surface area (TPSA) is 38.7 Å². The molecule has 0 bridgehead atoms. The number of hydrogen-bond acceptors (Lipinski definition) is 3. The zero-order chi connectivity index (χ0) is 33.0. The van der Waals surface area contributed by atoms with Crippen molar-refractivity contribution in [3.8, 4) is 67.3 Å². The molecule has 48 heavy (non-hydrogen) atoms. The Hall–Kier alpha value is -5.93. The summed E-state index contributed by atoms with van der Waals surface area (Å²) in [6.07, 6.45) is 2.12. The molecule has 1 heterocycles. The molecule has 0 saturated heterocycles. The van der Waals surface area contributed by atoms with E-state index in [9.17, 15) is 0 Å². The summed E-state index contributed by atoms with van der Waals surface area (Å²) in [5, 5.41) is 0. The fourth-order valence-electron chi connectivity index (χ4n) is 6.27. The van der Waals surface area contributed by atoms with E-state index in [2.05, 4.69) is 166 Å². The maximum absolute atomic E-state index is 5.04. The highest BCUT2D eigenvalue weighted by atomic mass is 15.0. The Morgan fingerprint density at radius 1 is 0.438 bits per heavy atom. The maximum atomic E-state index is 5.04. The summed E-state index contributed by atoms with van der Waals surface area (Å²) in [6, 6.07) is 51.8. The van der Waals surface area contributed by atoms with E-state index < -0.39 is 0 Å². The van der Waals surface area contributed by atoms with Crippen LogP contribution in [0.1, 0.15) is 30.8 Å². The van der Waals surface area contributed by atoms with Crippen LogP contribution in [0.15, 0.2) is 152 Å². The van der Waals surface area contributed by atoms with Gasteiger partial charge in [0.2, 0.25) is 0 Å². The van der Waals surface area contributed by atoms with Gasteiger partial charge in [-0.2, -0.15) is 0 Å². The predicted octanol–water partition coefficient (Wildman–Crippen LogP) is 11.9. The molecule has 7 aromatic rings. The van der Waals surface area contributed by atoms with Gasteiger partial charge in [0.15, 0.2) is 11.6 Å². The van der Waals surface area contributed by atoms with Crippen LogP contribution in [0.3, 0.4) is 0 Å². The quantitative estimate of drug-likeness (QED) is 0.178. The molecular weight excluding hydrogens is 583 g/mol. The second-order valence-electron chi connectivity index (χ2n) is 12.2. The molecule has 0 amide bonds. The Morgan fingerprint density at radius 2 is 1.02 bits per heavy atom. The van der Waals surface area contributed by atoms with Crippen LogP contribution in [0.25, 0.3) is 72.9 Å². The Kier molecular flexibility index (Phi) is 8.59. The number of hydrogen-bond donors (Lipinski definition) is 0. The first-order chi connectivity index (χ1) is 23.5. The van der Waals surface area contributed by atoms with Gasteiger partial charge in [-0.25, -0.2) is 15.0 Å². The van der Waals surface area contributed by atoms with Gasteiger partial charge in [0.1, 0.15) is 5.82 Å². The lowest BCUT2D eigenvalue weighted by Crippen LogP contribution is -2.01. The summed E-state index contributed by atoms with van der Waals surface area (Å²) in [4.78, 5) is 14.6. The molecule has 1 aromatic heterocycles. The fraction of sp³-hybridized carbons (Fsp3) is 0.0889. The first kappa shape index (κ1) is 30.7. The zero-order valence-electron chi connectivity index (χ0n) is 27.8. The van der Waals surface area contributed by atoms with Crippen molar-refractivity contribution in [3.63, 3.8) is 0 Å². The third-order valence-electron chi connectivity index (χ3n) is 8.86. The molecule has 0 aliphatic carbocycles. The molecule has 0 N–H and O–H groups in total. The van der Waals surface area contributed by atoms with Crippen molar-refractivity contribution < 1.29 is 0 Å². The molecule has 7 rings (SSSR count). The SMILES string of the molecule is C/C=C(\C)c1ccccc1-c1nc(C)nc(-c2cccc(-c3cc(-c4cccc(C)c4)ccc3-c3cccc(-c4ccccc4)c3)c2)n1. The van der Waals surface area contributed by atoms with E-state index in [1.807, 2.05) is 13.0 Å². The summed E-state index contributed by atoms with van der Waals surface area (Å²) >= 11 is 0. The van der Waals surface area contributed by atoms with Gasteiger partial charge < -0.3 is 0 Å². The average molecular weight is 620 g/mol. The lowest BCUT2D eigenvalue weighted by atomic mass is 9.89. The van der Waals surface area contributed by atoms with Crippen molar-refractivity contribution in [1.29, 1.82) is 0 Å². The van der Waals surface area contributed by atoms with Gasteiger partial charge in [-0.3, -0.25) is 0 Å². The van der Waals surface area contributed by atoms with E-state index in [1.165, 1.54) is 44.5 Å². The second kappa shape index (κ2) is 13.4. The molecule has 232 valence electrons. The number of rotatable bonds is 7. The molecule has 0 saturated carbocycles. The van der Waals surface area contributed by atoms with Gasteiger partial charge in [0.25, 0.3) is 0 Å². The van der Waals surface area contributed by atoms with Crippen LogP contribution in [0.5, 0.6) is 0 Å². The van der Waals surface area contributed by atoms with Crippen molar-refractivity contribution in [1.82, 2.24) is 15.0 Å². The summed E-state index contributed by atoms with van der Waals surface area (Å²) in [5.74, 6) is 2.03. The minimum Gasteiger partial charge on any atom is -0.213 e. The van der Waals surface area contributed by atoms with E-state index in [0.29, 0.717) is 17.5 Å². The minimum absolute atomic E-state index is 0.662. The van der Waals surface area contributed by atoms with Crippen LogP contribution in [0.2, 0.25) is 0 Å². The summed E-state index contributed by atoms with van der Waals surface area (Å²) in [6.45, 7) is 8.25. The number of aromatic nitrogens is 3. The van der Waals surface area contributed by atoms with Crippen molar-refractivity contribution in [2.45, 2.75) is 27.7 Å². The van der Waals surface area contributed by atoms with E-state index in [0.717, 1.165) is 27.8 Å². The maximum Gasteiger partial charge on any atom is 0.164 e. The molecule has 0 aliphatic rings. The molecule has 0 radical (unpaired) electrons. The third-order valence-corrected chi connectivity index (χ3v) is 8.86. The third kappa shape index (κ3) is 6.36. The minimum atomic E-state index is 0.662. The molecule has 0 spiro atoms. The van der Waals surface area contributed by atoms with Crippen molar-refractivity contribution in [3.05, 3.63) is 169 Å². The Balaban J connectivity index is 1.37. The van der Waals surface area contributed by atoms with Crippen LogP contribution in [-0.2, 0) is 0 Å². The average Bonchev–Trinajstić information content (AvgIpc) is 3.14. The lowest BCUT2D eigenvalue weighted by molar-refractivity contribution is 0.991. The van der Waals surface area contributed by atoms with Crippen molar-refractivity contribution in [2.75, 3.05) is 0 Å². The zero-order valence-corrected chi connectivity index (χ0v) is 27.8. The predicted molar refractivity (Wildman–Crippen MR) is 201 cm³/mol. The Labute approximate surface area is 283 Å². The van der Waals surface area contributed by atoms with Crippen LogP contribution >= 0.6 is 0 Å². The van der Waals surface area contributed by atoms with E-state index in [4.69, 9.17) is 15.0 Å². The largest absolute Gasteiger partial charge is 0.213 e. The van der Waals surface area contributed by atoms with E-state index >= 15 is 0 Å². The Morgan fingerprint density at radius 3 is 1.79 bits per heavy atom. The second-order valence-corrected chi connectivity index (χ2v) is 12.2. The van der Waals surface area contributed by atoms with Gasteiger partial charge in [0.05, 0.1) is 0 Å². The Bertz CT molecular complexity index is 2280. The highest BCUT2D eigenvalue weighted by Gasteiger charge is 2.16. The molecule has 3 heteroatoms. The highest BCUT2D eigenvalue weighted by molar-refractivity contribution is 5.89. The van der Waals surface area contributed by atoms with Crippen LogP contribution < -0.4 is 0 Å². The van der Waals surface area contributed by atoms with Gasteiger partial charge >= 0.3 is 0 Å². The number of aryl methyl sites for hydroxylation is 2. The molecule has 0 unspecified atom stereocenters. The molecule has 0 atom stereocenters. The lowest BCUT2D eigenvalue weighted by Gasteiger charge is -2.15. The van der Waals surface area contributed by atoms with Gasteiger partial charge in [0, 0.05) is 11.1 Å². The van der Waals surface area contributed by atoms with Crippen LogP contribution in [0, 0.1) is 13.8 Å². The molecule has 6 aromatic carbocycles. The first-order valence-electron chi connectivity index (χ1n) is 16.4. The number of allylic oxidation sites excluding steroid dienone is 2. The smallest absolute Gasteiger partial charge is 0.164 e. The standard InChI is InChI=1S/C45H37N3/c1-5-31(3)40-22-9-10-23-42(40)45-47-32(4)46-44(48-45)39-21-13-20-38(28-39)43-29-36(34-17-11-14-30(2)26-34)24-25-41(43)37-19-12-18-35(27-37)33-15-7-6-8-16-33/h5-29H,1-4H3/b31-5+. The first-order valence-corrected chi connectivity index (χ1v) is 16.4. The van der Waals surface area contributed by atoms with Gasteiger partial charge in [-0.15, -0.1) is 0 Å².